The molecule has 0 spiro atoms. The van der Waals surface area contributed by atoms with Crippen LogP contribution in [0.2, 0.25) is 0 Å². The number of nitrogens with one attached hydrogen (secondary N) is 1. The molecule has 0 radical (unpaired) electrons. The fourth-order valence-corrected chi connectivity index (χ4v) is 2.36. The molecular weight excluding hydrogens is 341 g/mol. The number of benzene rings is 1. The third-order valence-corrected chi connectivity index (χ3v) is 3.38. The standard InChI is InChI=1S/C16H19F3N2O4/c1-9(2)14(15(25)20-8-13(23)24)21(10(3)22)12-6-4-5-11(7-12)16(17,18)19/h4-7,9,14H,8H2,1-3H3,(H,20,25)(H,23,24). The number of anilines is 1. The van der Waals surface area contributed by atoms with E-state index in [-0.39, 0.29) is 5.69 Å². The van der Waals surface area contributed by atoms with Gasteiger partial charge in [0, 0.05) is 12.6 Å². The summed E-state index contributed by atoms with van der Waals surface area (Å²) in [7, 11) is 0. The van der Waals surface area contributed by atoms with Gasteiger partial charge in [-0.1, -0.05) is 19.9 Å². The van der Waals surface area contributed by atoms with E-state index in [2.05, 4.69) is 5.32 Å². The van der Waals surface area contributed by atoms with Crippen LogP contribution in [0.1, 0.15) is 26.3 Å². The zero-order chi connectivity index (χ0) is 19.4. The molecule has 0 heterocycles. The molecule has 0 saturated heterocycles. The minimum Gasteiger partial charge on any atom is -0.480 e. The summed E-state index contributed by atoms with van der Waals surface area (Å²) in [6.07, 6.45) is -4.60. The van der Waals surface area contributed by atoms with Crippen LogP contribution in [-0.4, -0.2) is 35.5 Å². The maximum atomic E-state index is 12.9. The average molecular weight is 360 g/mol. The van der Waals surface area contributed by atoms with Crippen molar-refractivity contribution in [2.24, 2.45) is 5.92 Å². The summed E-state index contributed by atoms with van der Waals surface area (Å²) in [5.41, 5.74) is -1.05. The molecule has 2 N–H and O–H groups in total. The fraction of sp³-hybridized carbons (Fsp3) is 0.438. The first-order valence-corrected chi connectivity index (χ1v) is 7.41. The van der Waals surface area contributed by atoms with Gasteiger partial charge in [0.25, 0.3) is 0 Å². The van der Waals surface area contributed by atoms with Gasteiger partial charge in [0.2, 0.25) is 11.8 Å². The highest BCUT2D eigenvalue weighted by atomic mass is 19.4. The molecule has 0 aliphatic rings. The molecule has 1 aromatic rings. The molecule has 25 heavy (non-hydrogen) atoms. The van der Waals surface area contributed by atoms with Crippen molar-refractivity contribution in [2.75, 3.05) is 11.4 Å². The number of hydrogen-bond acceptors (Lipinski definition) is 3. The number of carboxylic acid groups (broad SMARTS) is 1. The smallest absolute Gasteiger partial charge is 0.416 e. The lowest BCUT2D eigenvalue weighted by Crippen LogP contribution is -2.52. The highest BCUT2D eigenvalue weighted by molar-refractivity contribution is 6.00. The molecule has 1 rings (SSSR count). The monoisotopic (exact) mass is 360 g/mol. The molecule has 1 aromatic carbocycles. The van der Waals surface area contributed by atoms with E-state index in [9.17, 15) is 27.6 Å². The van der Waals surface area contributed by atoms with Crippen LogP contribution in [0.3, 0.4) is 0 Å². The zero-order valence-electron chi connectivity index (χ0n) is 13.9. The van der Waals surface area contributed by atoms with Gasteiger partial charge >= 0.3 is 12.1 Å². The van der Waals surface area contributed by atoms with Crippen LogP contribution in [-0.2, 0) is 20.6 Å². The number of amides is 2. The molecular formula is C16H19F3N2O4. The summed E-state index contributed by atoms with van der Waals surface area (Å²) in [4.78, 5) is 35.9. The summed E-state index contributed by atoms with van der Waals surface area (Å²) in [6, 6.07) is 2.91. The van der Waals surface area contributed by atoms with E-state index in [1.807, 2.05) is 0 Å². The normalized spacial score (nSPS) is 12.6. The summed E-state index contributed by atoms with van der Waals surface area (Å²) in [5.74, 6) is -3.13. The highest BCUT2D eigenvalue weighted by Crippen LogP contribution is 2.32. The second-order valence-corrected chi connectivity index (χ2v) is 5.74. The Kier molecular flexibility index (Phi) is 6.55. The highest BCUT2D eigenvalue weighted by Gasteiger charge is 2.35. The molecule has 0 aromatic heterocycles. The first kappa shape index (κ1) is 20.5. The second kappa shape index (κ2) is 8.00. The van der Waals surface area contributed by atoms with Crippen LogP contribution in [0, 0.1) is 5.92 Å². The van der Waals surface area contributed by atoms with Crippen molar-refractivity contribution >= 4 is 23.5 Å². The van der Waals surface area contributed by atoms with Gasteiger partial charge in [-0.2, -0.15) is 13.2 Å². The summed E-state index contributed by atoms with van der Waals surface area (Å²) in [5, 5.41) is 10.8. The van der Waals surface area contributed by atoms with E-state index in [1.165, 1.54) is 6.07 Å². The number of alkyl halides is 3. The lowest BCUT2D eigenvalue weighted by molar-refractivity contribution is -0.138. The van der Waals surface area contributed by atoms with Crippen molar-refractivity contribution in [3.05, 3.63) is 29.8 Å². The number of aliphatic carboxylic acids is 1. The molecule has 0 bridgehead atoms. The Morgan fingerprint density at radius 3 is 2.28 bits per heavy atom. The van der Waals surface area contributed by atoms with Gasteiger partial charge in [-0.15, -0.1) is 0 Å². The molecule has 0 saturated carbocycles. The van der Waals surface area contributed by atoms with Crippen molar-refractivity contribution in [1.29, 1.82) is 0 Å². The molecule has 1 unspecified atom stereocenters. The topological polar surface area (TPSA) is 86.7 Å². The SMILES string of the molecule is CC(=O)N(c1cccc(C(F)(F)F)c1)C(C(=O)NCC(=O)O)C(C)C. The minimum atomic E-state index is -4.60. The van der Waals surface area contributed by atoms with Crippen molar-refractivity contribution in [3.8, 4) is 0 Å². The van der Waals surface area contributed by atoms with E-state index in [0.717, 1.165) is 30.0 Å². The quantitative estimate of drug-likeness (QED) is 0.815. The van der Waals surface area contributed by atoms with Crippen LogP contribution >= 0.6 is 0 Å². The van der Waals surface area contributed by atoms with Crippen molar-refractivity contribution in [3.63, 3.8) is 0 Å². The summed E-state index contributed by atoms with van der Waals surface area (Å²) >= 11 is 0. The van der Waals surface area contributed by atoms with Gasteiger partial charge in [-0.3, -0.25) is 19.3 Å². The number of hydrogen-bond donors (Lipinski definition) is 2. The number of rotatable bonds is 6. The van der Waals surface area contributed by atoms with Crippen molar-refractivity contribution in [1.82, 2.24) is 5.32 Å². The summed E-state index contributed by atoms with van der Waals surface area (Å²) < 4.78 is 38.7. The third-order valence-electron chi connectivity index (χ3n) is 3.38. The number of halogens is 3. The van der Waals surface area contributed by atoms with E-state index >= 15 is 0 Å². The van der Waals surface area contributed by atoms with Crippen LogP contribution in [0.25, 0.3) is 0 Å². The Labute approximate surface area is 142 Å². The predicted molar refractivity (Wildman–Crippen MR) is 83.9 cm³/mol. The Morgan fingerprint density at radius 1 is 1.24 bits per heavy atom. The molecule has 2 amide bonds. The average Bonchev–Trinajstić information content (AvgIpc) is 2.48. The lowest BCUT2D eigenvalue weighted by atomic mass is 10.00. The molecule has 0 aliphatic carbocycles. The molecule has 1 atom stereocenters. The molecule has 9 heteroatoms. The number of carbonyl (C=O) groups excluding carboxylic acids is 2. The largest absolute Gasteiger partial charge is 0.480 e. The van der Waals surface area contributed by atoms with Crippen LogP contribution in [0.15, 0.2) is 24.3 Å². The van der Waals surface area contributed by atoms with E-state index in [1.54, 1.807) is 13.8 Å². The molecule has 0 fully saturated rings. The molecule has 6 nitrogen and oxygen atoms in total. The van der Waals surface area contributed by atoms with Gasteiger partial charge in [-0.25, -0.2) is 0 Å². The van der Waals surface area contributed by atoms with Crippen molar-refractivity contribution < 1.29 is 32.7 Å². The predicted octanol–water partition coefficient (Wildman–Crippen LogP) is 2.28. The zero-order valence-corrected chi connectivity index (χ0v) is 13.9. The third kappa shape index (κ3) is 5.47. The van der Waals surface area contributed by atoms with Gasteiger partial charge in [0.15, 0.2) is 0 Å². The van der Waals surface area contributed by atoms with E-state index in [0.29, 0.717) is 0 Å². The Morgan fingerprint density at radius 2 is 1.84 bits per heavy atom. The van der Waals surface area contributed by atoms with Crippen LogP contribution < -0.4 is 10.2 Å². The molecule has 138 valence electrons. The van der Waals surface area contributed by atoms with Crippen LogP contribution in [0.4, 0.5) is 18.9 Å². The fourth-order valence-electron chi connectivity index (χ4n) is 2.36. The lowest BCUT2D eigenvalue weighted by Gasteiger charge is -2.33. The van der Waals surface area contributed by atoms with Gasteiger partial charge in [-0.05, 0) is 24.1 Å². The Bertz CT molecular complexity index is 659. The van der Waals surface area contributed by atoms with Gasteiger partial charge in [0.1, 0.15) is 12.6 Å². The second-order valence-electron chi connectivity index (χ2n) is 5.74. The summed E-state index contributed by atoms with van der Waals surface area (Å²) in [6.45, 7) is 3.68. The van der Waals surface area contributed by atoms with E-state index in [4.69, 9.17) is 5.11 Å². The maximum absolute atomic E-state index is 12.9. The maximum Gasteiger partial charge on any atom is 0.416 e. The van der Waals surface area contributed by atoms with E-state index < -0.39 is 48.0 Å². The first-order chi connectivity index (χ1) is 11.4. The van der Waals surface area contributed by atoms with Gasteiger partial charge in [0.05, 0.1) is 5.56 Å². The molecule has 0 aliphatic heterocycles. The number of carboxylic acids is 1. The Hall–Kier alpha value is -2.58. The number of nitrogens with zero attached hydrogens (tertiary/aromatic N) is 1. The Balaban J connectivity index is 3.29. The first-order valence-electron chi connectivity index (χ1n) is 7.41. The van der Waals surface area contributed by atoms with Crippen molar-refractivity contribution in [2.45, 2.75) is 33.0 Å². The number of carbonyl (C=O) groups is 3. The minimum absolute atomic E-state index is 0.0912. The van der Waals surface area contributed by atoms with Crippen LogP contribution in [0.5, 0.6) is 0 Å². The van der Waals surface area contributed by atoms with Gasteiger partial charge < -0.3 is 10.4 Å².